The second-order valence-corrected chi connectivity index (χ2v) is 3.98. The summed E-state index contributed by atoms with van der Waals surface area (Å²) in [5, 5.41) is 16.3. The molecule has 106 valence electrons. The van der Waals surface area contributed by atoms with Crippen molar-refractivity contribution in [2.24, 2.45) is 0 Å². The predicted molar refractivity (Wildman–Crippen MR) is 73.7 cm³/mol. The summed E-state index contributed by atoms with van der Waals surface area (Å²) >= 11 is 0. The van der Waals surface area contributed by atoms with E-state index in [2.05, 4.69) is 15.6 Å². The second kappa shape index (κ2) is 7.65. The van der Waals surface area contributed by atoms with E-state index in [9.17, 15) is 14.9 Å². The third-order valence-corrected chi connectivity index (χ3v) is 2.59. The smallest absolute Gasteiger partial charge is 0.288 e. The van der Waals surface area contributed by atoms with Gasteiger partial charge in [0.25, 0.3) is 11.6 Å². The third kappa shape index (κ3) is 4.80. The number of rotatable bonds is 5. The summed E-state index contributed by atoms with van der Waals surface area (Å²) in [7, 11) is 1.79. The molecule has 1 aromatic heterocycles. The van der Waals surface area contributed by atoms with E-state index in [1.807, 2.05) is 6.92 Å². The third-order valence-electron chi connectivity index (χ3n) is 2.59. The zero-order chi connectivity index (χ0) is 13.7. The van der Waals surface area contributed by atoms with Crippen molar-refractivity contribution in [1.29, 1.82) is 0 Å². The zero-order valence-electron chi connectivity index (χ0n) is 11.0. The number of nitro groups is 1. The number of aryl methyl sites for hydroxylation is 1. The van der Waals surface area contributed by atoms with Gasteiger partial charge in [0.1, 0.15) is 6.20 Å². The average Bonchev–Trinajstić information content (AvgIpc) is 2.35. The molecule has 1 aromatic rings. The number of carbonyl (C=O) groups is 1. The lowest BCUT2D eigenvalue weighted by atomic mass is 10.1. The van der Waals surface area contributed by atoms with Crippen molar-refractivity contribution in [2.75, 3.05) is 13.6 Å². The molecule has 0 aliphatic rings. The van der Waals surface area contributed by atoms with Gasteiger partial charge < -0.3 is 10.6 Å². The number of nitrogens with zero attached hydrogens (tertiary/aromatic N) is 2. The van der Waals surface area contributed by atoms with E-state index in [1.54, 1.807) is 14.0 Å². The Morgan fingerprint density at radius 2 is 2.21 bits per heavy atom. The van der Waals surface area contributed by atoms with Crippen molar-refractivity contribution in [3.63, 3.8) is 0 Å². The van der Waals surface area contributed by atoms with Gasteiger partial charge in [0.05, 0.1) is 16.2 Å². The van der Waals surface area contributed by atoms with Gasteiger partial charge in [-0.05, 0) is 20.9 Å². The lowest BCUT2D eigenvalue weighted by Crippen LogP contribution is -2.37. The number of hydrogen-bond donors (Lipinski definition) is 2. The normalized spacial score (nSPS) is 11.3. The summed E-state index contributed by atoms with van der Waals surface area (Å²) in [6.45, 7) is 4.00. The molecule has 0 bridgehead atoms. The molecular weight excluding hydrogens is 272 g/mol. The summed E-state index contributed by atoms with van der Waals surface area (Å²) in [5.74, 6) is -0.356. The van der Waals surface area contributed by atoms with E-state index in [-0.39, 0.29) is 35.6 Å². The molecular formula is C11H17ClN4O3. The number of aromatic nitrogens is 1. The monoisotopic (exact) mass is 288 g/mol. The quantitative estimate of drug-likeness (QED) is 0.624. The highest BCUT2D eigenvalue weighted by molar-refractivity contribution is 5.95. The van der Waals surface area contributed by atoms with Crippen LogP contribution in [0.25, 0.3) is 0 Å². The largest absolute Gasteiger partial charge is 0.350 e. The van der Waals surface area contributed by atoms with E-state index in [0.29, 0.717) is 12.2 Å². The summed E-state index contributed by atoms with van der Waals surface area (Å²) < 4.78 is 0. The Morgan fingerprint density at radius 3 is 2.74 bits per heavy atom. The maximum atomic E-state index is 11.9. The first-order valence-electron chi connectivity index (χ1n) is 5.52. The van der Waals surface area contributed by atoms with E-state index in [1.165, 1.54) is 6.07 Å². The molecule has 0 saturated heterocycles. The van der Waals surface area contributed by atoms with Crippen LogP contribution in [0.4, 0.5) is 5.69 Å². The lowest BCUT2D eigenvalue weighted by molar-refractivity contribution is -0.385. The molecule has 0 aromatic carbocycles. The summed E-state index contributed by atoms with van der Waals surface area (Å²) in [6, 6.07) is 1.36. The van der Waals surface area contributed by atoms with Gasteiger partial charge in [-0.15, -0.1) is 12.4 Å². The molecule has 19 heavy (non-hydrogen) atoms. The number of halogens is 1. The van der Waals surface area contributed by atoms with Crippen LogP contribution < -0.4 is 10.6 Å². The molecule has 0 aliphatic carbocycles. The van der Waals surface area contributed by atoms with E-state index in [4.69, 9.17) is 0 Å². The van der Waals surface area contributed by atoms with E-state index < -0.39 is 4.92 Å². The number of nitrogens with one attached hydrogen (secondary N) is 2. The predicted octanol–water partition coefficient (Wildman–Crippen LogP) is 1.06. The Labute approximate surface area is 117 Å². The summed E-state index contributed by atoms with van der Waals surface area (Å²) in [5.41, 5.74) is 0.509. The highest BCUT2D eigenvalue weighted by atomic mass is 35.5. The van der Waals surface area contributed by atoms with Gasteiger partial charge in [0, 0.05) is 18.7 Å². The molecule has 1 amide bonds. The molecule has 1 unspecified atom stereocenters. The minimum Gasteiger partial charge on any atom is -0.350 e. The molecule has 1 heterocycles. The van der Waals surface area contributed by atoms with Gasteiger partial charge in [0.2, 0.25) is 0 Å². The molecule has 1 atom stereocenters. The van der Waals surface area contributed by atoms with Gasteiger partial charge in [-0.3, -0.25) is 19.9 Å². The Kier molecular flexibility index (Phi) is 6.95. The van der Waals surface area contributed by atoms with Crippen LogP contribution in [0.5, 0.6) is 0 Å². The molecule has 7 nitrogen and oxygen atoms in total. The summed E-state index contributed by atoms with van der Waals surface area (Å²) in [6.07, 6.45) is 1.14. The molecule has 2 N–H and O–H groups in total. The van der Waals surface area contributed by atoms with Crippen LogP contribution in [0.15, 0.2) is 12.3 Å². The highest BCUT2D eigenvalue weighted by Gasteiger charge is 2.15. The first-order valence-corrected chi connectivity index (χ1v) is 5.52. The van der Waals surface area contributed by atoms with Crippen LogP contribution in [-0.4, -0.2) is 35.4 Å². The number of likely N-dealkylation sites (N-methyl/N-ethyl adjacent to an activating group) is 1. The standard InChI is InChI=1S/C11H16N4O3.ClH/c1-7(12-3)5-14-11(16)10-4-9(15(17)18)6-13-8(10)2;/h4,6-7,12H,5H2,1-3H3,(H,14,16);1H. The second-order valence-electron chi connectivity index (χ2n) is 3.98. The van der Waals surface area contributed by atoms with E-state index >= 15 is 0 Å². The SMILES string of the molecule is CNC(C)CNC(=O)c1cc([N+](=O)[O-])cnc1C.Cl. The Bertz CT molecular complexity index is 467. The van der Waals surface area contributed by atoms with Crippen molar-refractivity contribution in [3.8, 4) is 0 Å². The van der Waals surface area contributed by atoms with Gasteiger partial charge in [-0.1, -0.05) is 0 Å². The Balaban J connectivity index is 0.00000324. The maximum absolute atomic E-state index is 11.9. The minimum absolute atomic E-state index is 0. The van der Waals surface area contributed by atoms with Gasteiger partial charge in [-0.25, -0.2) is 0 Å². The number of hydrogen-bond acceptors (Lipinski definition) is 5. The first kappa shape index (κ1) is 17.3. The van der Waals surface area contributed by atoms with Gasteiger partial charge >= 0.3 is 0 Å². The zero-order valence-corrected chi connectivity index (χ0v) is 11.8. The van der Waals surface area contributed by atoms with Gasteiger partial charge in [0.15, 0.2) is 0 Å². The van der Waals surface area contributed by atoms with Crippen LogP contribution in [0, 0.1) is 17.0 Å². The Morgan fingerprint density at radius 1 is 1.58 bits per heavy atom. The van der Waals surface area contributed by atoms with Crippen molar-refractivity contribution in [3.05, 3.63) is 33.6 Å². The van der Waals surface area contributed by atoms with Crippen molar-refractivity contribution in [2.45, 2.75) is 19.9 Å². The van der Waals surface area contributed by atoms with Crippen LogP contribution >= 0.6 is 12.4 Å². The first-order chi connectivity index (χ1) is 8.45. The molecule has 0 fully saturated rings. The van der Waals surface area contributed by atoms with Crippen LogP contribution in [0.2, 0.25) is 0 Å². The molecule has 0 aliphatic heterocycles. The Hall–Kier alpha value is -1.73. The molecule has 0 radical (unpaired) electrons. The molecule has 0 spiro atoms. The van der Waals surface area contributed by atoms with Crippen molar-refractivity contribution < 1.29 is 9.72 Å². The molecule has 1 rings (SSSR count). The van der Waals surface area contributed by atoms with Gasteiger partial charge in [-0.2, -0.15) is 0 Å². The fourth-order valence-electron chi connectivity index (χ4n) is 1.29. The molecule has 8 heteroatoms. The van der Waals surface area contributed by atoms with Crippen molar-refractivity contribution in [1.82, 2.24) is 15.6 Å². The van der Waals surface area contributed by atoms with Crippen molar-refractivity contribution >= 4 is 24.0 Å². The number of amides is 1. The topological polar surface area (TPSA) is 97.2 Å². The molecule has 0 saturated carbocycles. The highest BCUT2D eigenvalue weighted by Crippen LogP contribution is 2.14. The number of pyridine rings is 1. The fraction of sp³-hybridized carbons (Fsp3) is 0.455. The van der Waals surface area contributed by atoms with Crippen LogP contribution in [-0.2, 0) is 0 Å². The lowest BCUT2D eigenvalue weighted by Gasteiger charge is -2.12. The number of carbonyl (C=O) groups excluding carboxylic acids is 1. The average molecular weight is 289 g/mol. The van der Waals surface area contributed by atoms with Crippen LogP contribution in [0.1, 0.15) is 23.0 Å². The van der Waals surface area contributed by atoms with Crippen LogP contribution in [0.3, 0.4) is 0 Å². The minimum atomic E-state index is -0.570. The fourth-order valence-corrected chi connectivity index (χ4v) is 1.29. The maximum Gasteiger partial charge on any atom is 0.288 e. The van der Waals surface area contributed by atoms with E-state index in [0.717, 1.165) is 6.20 Å². The summed E-state index contributed by atoms with van der Waals surface area (Å²) in [4.78, 5) is 25.8.